The average Bonchev–Trinajstić information content (AvgIpc) is 2.21. The van der Waals surface area contributed by atoms with Crippen LogP contribution in [0, 0.1) is 11.3 Å². The summed E-state index contributed by atoms with van der Waals surface area (Å²) in [5.74, 6) is 0.537. The van der Waals surface area contributed by atoms with Crippen LogP contribution in [0.5, 0.6) is 0 Å². The molecule has 0 radical (unpaired) electrons. The van der Waals surface area contributed by atoms with Gasteiger partial charge in [0.2, 0.25) is 5.91 Å². The first-order valence-electron chi connectivity index (χ1n) is 6.37. The van der Waals surface area contributed by atoms with E-state index in [2.05, 4.69) is 32.6 Å². The van der Waals surface area contributed by atoms with Crippen LogP contribution >= 0.6 is 0 Å². The summed E-state index contributed by atoms with van der Waals surface area (Å²) in [5.41, 5.74) is 0.0726. The highest BCUT2D eigenvalue weighted by Gasteiger charge is 2.37. The molecule has 0 bridgehead atoms. The second-order valence-corrected chi connectivity index (χ2v) is 6.38. The number of likely N-dealkylation sites (N-methyl/N-ethyl adjacent to an activating group) is 1. The number of aliphatic hydroxyl groups excluding tert-OH is 1. The van der Waals surface area contributed by atoms with Crippen LogP contribution in [0.15, 0.2) is 0 Å². The van der Waals surface area contributed by atoms with E-state index in [0.29, 0.717) is 5.92 Å². The normalized spacial score (nSPS) is 26.4. The van der Waals surface area contributed by atoms with Gasteiger partial charge in [0.1, 0.15) is 6.04 Å². The summed E-state index contributed by atoms with van der Waals surface area (Å²) in [5, 5.41) is 9.47. The van der Waals surface area contributed by atoms with Crippen molar-refractivity contribution >= 4 is 5.91 Å². The third-order valence-electron chi connectivity index (χ3n) is 3.17. The third-order valence-corrected chi connectivity index (χ3v) is 3.17. The predicted molar refractivity (Wildman–Crippen MR) is 68.7 cm³/mol. The van der Waals surface area contributed by atoms with Crippen molar-refractivity contribution in [1.82, 2.24) is 9.80 Å². The summed E-state index contributed by atoms with van der Waals surface area (Å²) in [6.07, 6.45) is 0. The molecule has 0 saturated carbocycles. The minimum Gasteiger partial charge on any atom is -0.394 e. The predicted octanol–water partition coefficient (Wildman–Crippen LogP) is 0.803. The fourth-order valence-electron chi connectivity index (χ4n) is 2.69. The van der Waals surface area contributed by atoms with Gasteiger partial charge >= 0.3 is 0 Å². The fraction of sp³-hybridized carbons (Fsp3) is 0.923. The Bertz CT molecular complexity index is 277. The van der Waals surface area contributed by atoms with Gasteiger partial charge in [-0.25, -0.2) is 0 Å². The summed E-state index contributed by atoms with van der Waals surface area (Å²) < 4.78 is 0. The van der Waals surface area contributed by atoms with Gasteiger partial charge in [0, 0.05) is 26.7 Å². The lowest BCUT2D eigenvalue weighted by molar-refractivity contribution is -0.135. The number of aliphatic hydroxyl groups is 1. The van der Waals surface area contributed by atoms with Crippen molar-refractivity contribution in [1.29, 1.82) is 0 Å². The highest BCUT2D eigenvalue weighted by Crippen LogP contribution is 2.25. The topological polar surface area (TPSA) is 43.8 Å². The van der Waals surface area contributed by atoms with E-state index in [4.69, 9.17) is 0 Å². The molecule has 1 atom stereocenters. The minimum absolute atomic E-state index is 0.0405. The molecule has 4 heteroatoms. The van der Waals surface area contributed by atoms with E-state index in [1.165, 1.54) is 0 Å². The van der Waals surface area contributed by atoms with Gasteiger partial charge in [0.25, 0.3) is 0 Å². The number of hydrogen-bond acceptors (Lipinski definition) is 3. The molecule has 1 rings (SSSR count). The van der Waals surface area contributed by atoms with Crippen molar-refractivity contribution in [2.24, 2.45) is 11.3 Å². The molecule has 1 amide bonds. The number of rotatable bonds is 3. The van der Waals surface area contributed by atoms with Crippen LogP contribution in [0.3, 0.4) is 0 Å². The molecule has 1 fully saturated rings. The van der Waals surface area contributed by atoms with Crippen LogP contribution in [0.1, 0.15) is 27.7 Å². The molecule has 1 N–H and O–H groups in total. The Kier molecular flexibility index (Phi) is 4.55. The molecule has 100 valence electrons. The van der Waals surface area contributed by atoms with E-state index in [-0.39, 0.29) is 24.0 Å². The lowest BCUT2D eigenvalue weighted by atomic mass is 9.92. The highest BCUT2D eigenvalue weighted by molar-refractivity contribution is 5.82. The Balaban J connectivity index is 2.93. The van der Waals surface area contributed by atoms with E-state index < -0.39 is 0 Å². The first-order chi connectivity index (χ1) is 7.76. The molecule has 1 aliphatic rings. The van der Waals surface area contributed by atoms with E-state index in [9.17, 15) is 9.90 Å². The van der Waals surface area contributed by atoms with Crippen molar-refractivity contribution in [3.8, 4) is 0 Å². The zero-order chi connectivity index (χ0) is 13.2. The van der Waals surface area contributed by atoms with Gasteiger partial charge < -0.3 is 10.0 Å². The van der Waals surface area contributed by atoms with Gasteiger partial charge in [-0.15, -0.1) is 0 Å². The second kappa shape index (κ2) is 5.36. The molecule has 0 aromatic rings. The molecule has 1 saturated heterocycles. The quantitative estimate of drug-likeness (QED) is 0.796. The Hall–Kier alpha value is -0.610. The van der Waals surface area contributed by atoms with Crippen molar-refractivity contribution in [2.45, 2.75) is 33.7 Å². The molecule has 0 aliphatic carbocycles. The van der Waals surface area contributed by atoms with Gasteiger partial charge in [-0.2, -0.15) is 0 Å². The lowest BCUT2D eigenvalue weighted by Gasteiger charge is -2.33. The molecule has 0 spiro atoms. The zero-order valence-corrected chi connectivity index (χ0v) is 11.7. The van der Waals surface area contributed by atoms with Crippen molar-refractivity contribution in [2.75, 3.05) is 33.3 Å². The number of carbonyl (C=O) groups is 1. The van der Waals surface area contributed by atoms with Crippen molar-refractivity contribution < 1.29 is 9.90 Å². The number of nitrogens with zero attached hydrogens (tertiary/aromatic N) is 2. The summed E-state index contributed by atoms with van der Waals surface area (Å²) in [7, 11) is 1.83. The van der Waals surface area contributed by atoms with E-state index >= 15 is 0 Å². The number of carbonyl (C=O) groups excluding carboxylic acids is 1. The highest BCUT2D eigenvalue weighted by atomic mass is 16.3. The molecule has 4 nitrogen and oxygen atoms in total. The largest absolute Gasteiger partial charge is 0.394 e. The molecular weight excluding hydrogens is 216 g/mol. The van der Waals surface area contributed by atoms with Crippen LogP contribution in [0.4, 0.5) is 0 Å². The van der Waals surface area contributed by atoms with E-state index in [0.717, 1.165) is 19.6 Å². The Labute approximate surface area is 105 Å². The fourth-order valence-corrected chi connectivity index (χ4v) is 2.69. The number of hydrogen-bond donors (Lipinski definition) is 1. The summed E-state index contributed by atoms with van der Waals surface area (Å²) in [6, 6.07) is -0.371. The zero-order valence-electron chi connectivity index (χ0n) is 11.7. The SMILES string of the molecule is CC(C)CN1CC(C)(C)CN(C)C(=O)C1CO. The Morgan fingerprint density at radius 2 is 2.00 bits per heavy atom. The first-order valence-corrected chi connectivity index (χ1v) is 6.37. The van der Waals surface area contributed by atoms with Gasteiger partial charge in [-0.3, -0.25) is 9.69 Å². The first kappa shape index (κ1) is 14.5. The minimum atomic E-state index is -0.371. The maximum atomic E-state index is 12.2. The number of amides is 1. The molecule has 0 aromatic carbocycles. The van der Waals surface area contributed by atoms with E-state index in [1.54, 1.807) is 4.90 Å². The van der Waals surface area contributed by atoms with Crippen LogP contribution < -0.4 is 0 Å². The van der Waals surface area contributed by atoms with Crippen LogP contribution in [0.2, 0.25) is 0 Å². The van der Waals surface area contributed by atoms with Crippen molar-refractivity contribution in [3.63, 3.8) is 0 Å². The molecule has 17 heavy (non-hydrogen) atoms. The molecule has 0 aromatic heterocycles. The summed E-state index contributed by atoms with van der Waals surface area (Å²) in [6.45, 7) is 11.0. The summed E-state index contributed by atoms with van der Waals surface area (Å²) in [4.78, 5) is 16.1. The summed E-state index contributed by atoms with van der Waals surface area (Å²) >= 11 is 0. The van der Waals surface area contributed by atoms with Crippen molar-refractivity contribution in [3.05, 3.63) is 0 Å². The standard InChI is InChI=1S/C13H26N2O2/c1-10(2)6-15-9-13(3,4)8-14(5)12(17)11(15)7-16/h10-11,16H,6-9H2,1-5H3. The van der Waals surface area contributed by atoms with Gasteiger partial charge in [-0.05, 0) is 11.3 Å². The van der Waals surface area contributed by atoms with Gasteiger partial charge in [0.15, 0.2) is 0 Å². The smallest absolute Gasteiger partial charge is 0.242 e. The molecule has 1 heterocycles. The molecule has 1 aliphatic heterocycles. The Morgan fingerprint density at radius 1 is 1.41 bits per heavy atom. The third kappa shape index (κ3) is 3.68. The van der Waals surface area contributed by atoms with Crippen LogP contribution in [-0.4, -0.2) is 60.1 Å². The van der Waals surface area contributed by atoms with E-state index in [1.807, 2.05) is 7.05 Å². The van der Waals surface area contributed by atoms with Crippen LogP contribution in [-0.2, 0) is 4.79 Å². The lowest BCUT2D eigenvalue weighted by Crippen LogP contribution is -2.48. The van der Waals surface area contributed by atoms with Gasteiger partial charge in [0.05, 0.1) is 6.61 Å². The maximum absolute atomic E-state index is 12.2. The Morgan fingerprint density at radius 3 is 2.47 bits per heavy atom. The van der Waals surface area contributed by atoms with Crippen LogP contribution in [0.25, 0.3) is 0 Å². The maximum Gasteiger partial charge on any atom is 0.242 e. The molecular formula is C13H26N2O2. The monoisotopic (exact) mass is 242 g/mol. The van der Waals surface area contributed by atoms with Gasteiger partial charge in [-0.1, -0.05) is 27.7 Å². The second-order valence-electron chi connectivity index (χ2n) is 6.38. The average molecular weight is 242 g/mol. The molecule has 1 unspecified atom stereocenters.